The predicted octanol–water partition coefficient (Wildman–Crippen LogP) is 4.08. The highest BCUT2D eigenvalue weighted by atomic mass is 79.9. The molecule has 2 aromatic rings. The number of para-hydroxylation sites is 1. The van der Waals surface area contributed by atoms with Crippen LogP contribution in [0.15, 0.2) is 46.9 Å². The lowest BCUT2D eigenvalue weighted by atomic mass is 10.2. The Kier molecular flexibility index (Phi) is 4.68. The first-order chi connectivity index (χ1) is 9.24. The molecule has 0 amide bonds. The van der Waals surface area contributed by atoms with Gasteiger partial charge >= 0.3 is 0 Å². The molecular weight excluding hydrogens is 306 g/mol. The second-order valence-corrected chi connectivity index (χ2v) is 4.86. The van der Waals surface area contributed by atoms with Crippen molar-refractivity contribution in [1.29, 1.82) is 0 Å². The smallest absolute Gasteiger partial charge is 0.128 e. The van der Waals surface area contributed by atoms with E-state index in [2.05, 4.69) is 21.2 Å². The highest BCUT2D eigenvalue weighted by Crippen LogP contribution is 2.32. The van der Waals surface area contributed by atoms with E-state index >= 15 is 0 Å². The molecule has 0 aliphatic carbocycles. The van der Waals surface area contributed by atoms with Crippen LogP contribution in [0, 0.1) is 0 Å². The Morgan fingerprint density at radius 3 is 2.42 bits per heavy atom. The van der Waals surface area contributed by atoms with Gasteiger partial charge in [-0.15, -0.1) is 0 Å². The van der Waals surface area contributed by atoms with E-state index in [9.17, 15) is 0 Å². The van der Waals surface area contributed by atoms with Gasteiger partial charge in [0, 0.05) is 28.3 Å². The SMILES string of the molecule is COc1cc(Br)c(CNc2ccccc2)c(OC)c1. The summed E-state index contributed by atoms with van der Waals surface area (Å²) in [4.78, 5) is 0. The van der Waals surface area contributed by atoms with Gasteiger partial charge in [-0.1, -0.05) is 34.1 Å². The van der Waals surface area contributed by atoms with Gasteiger partial charge in [-0.2, -0.15) is 0 Å². The Bertz CT molecular complexity index is 543. The van der Waals surface area contributed by atoms with Gasteiger partial charge in [-0.25, -0.2) is 0 Å². The summed E-state index contributed by atoms with van der Waals surface area (Å²) in [6.07, 6.45) is 0. The van der Waals surface area contributed by atoms with Gasteiger partial charge in [0.05, 0.1) is 14.2 Å². The molecule has 0 spiro atoms. The lowest BCUT2D eigenvalue weighted by Crippen LogP contribution is -2.03. The summed E-state index contributed by atoms with van der Waals surface area (Å²) >= 11 is 3.55. The van der Waals surface area contributed by atoms with Crippen LogP contribution in [0.5, 0.6) is 11.5 Å². The van der Waals surface area contributed by atoms with E-state index < -0.39 is 0 Å². The van der Waals surface area contributed by atoms with E-state index in [0.717, 1.165) is 27.2 Å². The average molecular weight is 322 g/mol. The van der Waals surface area contributed by atoms with E-state index in [1.165, 1.54) is 0 Å². The van der Waals surface area contributed by atoms with E-state index in [-0.39, 0.29) is 0 Å². The number of halogens is 1. The minimum atomic E-state index is 0.678. The molecule has 1 N–H and O–H groups in total. The molecule has 100 valence electrons. The number of methoxy groups -OCH3 is 2. The fourth-order valence-electron chi connectivity index (χ4n) is 1.81. The second-order valence-electron chi connectivity index (χ2n) is 4.01. The van der Waals surface area contributed by atoms with Crippen LogP contribution in [0.1, 0.15) is 5.56 Å². The Morgan fingerprint density at radius 1 is 1.05 bits per heavy atom. The van der Waals surface area contributed by atoms with Crippen molar-refractivity contribution in [1.82, 2.24) is 0 Å². The molecule has 3 nitrogen and oxygen atoms in total. The highest BCUT2D eigenvalue weighted by Gasteiger charge is 2.10. The molecular formula is C15H16BrNO2. The maximum absolute atomic E-state index is 5.41. The van der Waals surface area contributed by atoms with Crippen molar-refractivity contribution >= 4 is 21.6 Å². The Morgan fingerprint density at radius 2 is 1.79 bits per heavy atom. The molecule has 0 heterocycles. The largest absolute Gasteiger partial charge is 0.497 e. The third-order valence-corrected chi connectivity index (χ3v) is 3.53. The predicted molar refractivity (Wildman–Crippen MR) is 81.0 cm³/mol. The highest BCUT2D eigenvalue weighted by molar-refractivity contribution is 9.10. The average Bonchev–Trinajstić information content (AvgIpc) is 2.46. The van der Waals surface area contributed by atoms with Crippen LogP contribution in [-0.2, 0) is 6.54 Å². The normalized spacial score (nSPS) is 10.1. The van der Waals surface area contributed by atoms with Gasteiger partial charge in [-0.3, -0.25) is 0 Å². The summed E-state index contributed by atoms with van der Waals surface area (Å²) in [6, 6.07) is 13.9. The van der Waals surface area contributed by atoms with Crippen LogP contribution >= 0.6 is 15.9 Å². The summed E-state index contributed by atoms with van der Waals surface area (Å²) < 4.78 is 11.6. The molecule has 0 aliphatic rings. The topological polar surface area (TPSA) is 30.5 Å². The molecule has 0 atom stereocenters. The summed E-state index contributed by atoms with van der Waals surface area (Å²) in [6.45, 7) is 0.678. The summed E-state index contributed by atoms with van der Waals surface area (Å²) in [7, 11) is 3.30. The molecule has 0 saturated heterocycles. The zero-order chi connectivity index (χ0) is 13.7. The minimum absolute atomic E-state index is 0.678. The van der Waals surface area contributed by atoms with Crippen molar-refractivity contribution in [2.45, 2.75) is 6.54 Å². The van der Waals surface area contributed by atoms with Crippen LogP contribution in [-0.4, -0.2) is 14.2 Å². The number of ether oxygens (including phenoxy) is 2. The van der Waals surface area contributed by atoms with Crippen molar-refractivity contribution in [2.75, 3.05) is 19.5 Å². The van der Waals surface area contributed by atoms with Crippen molar-refractivity contribution < 1.29 is 9.47 Å². The zero-order valence-electron chi connectivity index (χ0n) is 10.9. The van der Waals surface area contributed by atoms with Crippen molar-refractivity contribution in [2.24, 2.45) is 0 Å². The Labute approximate surface area is 121 Å². The third kappa shape index (κ3) is 3.41. The maximum atomic E-state index is 5.41. The van der Waals surface area contributed by atoms with Gasteiger partial charge in [0.1, 0.15) is 11.5 Å². The van der Waals surface area contributed by atoms with Crippen LogP contribution in [0.4, 0.5) is 5.69 Å². The molecule has 4 heteroatoms. The molecule has 0 unspecified atom stereocenters. The summed E-state index contributed by atoms with van der Waals surface area (Å²) in [5, 5.41) is 3.36. The Hall–Kier alpha value is -1.68. The minimum Gasteiger partial charge on any atom is -0.497 e. The number of hydrogen-bond acceptors (Lipinski definition) is 3. The molecule has 2 aromatic carbocycles. The van der Waals surface area contributed by atoms with Crippen LogP contribution in [0.2, 0.25) is 0 Å². The van der Waals surface area contributed by atoms with Gasteiger partial charge < -0.3 is 14.8 Å². The standard InChI is InChI=1S/C15H16BrNO2/c1-18-12-8-14(16)13(15(9-12)19-2)10-17-11-6-4-3-5-7-11/h3-9,17H,10H2,1-2H3. The van der Waals surface area contributed by atoms with Gasteiger partial charge in [0.25, 0.3) is 0 Å². The van der Waals surface area contributed by atoms with E-state index in [0.29, 0.717) is 6.54 Å². The van der Waals surface area contributed by atoms with Gasteiger partial charge in [-0.05, 0) is 18.2 Å². The molecule has 0 bridgehead atoms. The number of benzene rings is 2. The van der Waals surface area contributed by atoms with Crippen LogP contribution in [0.25, 0.3) is 0 Å². The fraction of sp³-hybridized carbons (Fsp3) is 0.200. The first-order valence-electron chi connectivity index (χ1n) is 5.94. The number of nitrogens with one attached hydrogen (secondary N) is 1. The second kappa shape index (κ2) is 6.48. The van der Waals surface area contributed by atoms with Crippen molar-refractivity contribution in [3.05, 3.63) is 52.5 Å². The van der Waals surface area contributed by atoms with E-state index in [4.69, 9.17) is 9.47 Å². The number of rotatable bonds is 5. The monoisotopic (exact) mass is 321 g/mol. The quantitative estimate of drug-likeness (QED) is 0.900. The first-order valence-corrected chi connectivity index (χ1v) is 6.73. The first kappa shape index (κ1) is 13.7. The molecule has 0 aromatic heterocycles. The lowest BCUT2D eigenvalue weighted by molar-refractivity contribution is 0.391. The number of anilines is 1. The molecule has 0 saturated carbocycles. The number of hydrogen-bond donors (Lipinski definition) is 1. The Balaban J connectivity index is 2.20. The van der Waals surface area contributed by atoms with E-state index in [1.54, 1.807) is 14.2 Å². The summed E-state index contributed by atoms with van der Waals surface area (Å²) in [5.74, 6) is 1.57. The van der Waals surface area contributed by atoms with Crippen LogP contribution in [0.3, 0.4) is 0 Å². The lowest BCUT2D eigenvalue weighted by Gasteiger charge is -2.14. The maximum Gasteiger partial charge on any atom is 0.128 e. The molecule has 19 heavy (non-hydrogen) atoms. The fourth-order valence-corrected chi connectivity index (χ4v) is 2.37. The zero-order valence-corrected chi connectivity index (χ0v) is 12.5. The van der Waals surface area contributed by atoms with E-state index in [1.807, 2.05) is 42.5 Å². The van der Waals surface area contributed by atoms with Gasteiger partial charge in [0.2, 0.25) is 0 Å². The van der Waals surface area contributed by atoms with Crippen LogP contribution < -0.4 is 14.8 Å². The third-order valence-electron chi connectivity index (χ3n) is 2.83. The molecule has 0 radical (unpaired) electrons. The van der Waals surface area contributed by atoms with Gasteiger partial charge in [0.15, 0.2) is 0 Å². The molecule has 0 fully saturated rings. The summed E-state index contributed by atoms with van der Waals surface area (Å²) in [5.41, 5.74) is 2.14. The molecule has 0 aliphatic heterocycles. The van der Waals surface area contributed by atoms with Crippen molar-refractivity contribution in [3.63, 3.8) is 0 Å². The van der Waals surface area contributed by atoms with Crippen molar-refractivity contribution in [3.8, 4) is 11.5 Å². The molecule has 2 rings (SSSR count).